The van der Waals surface area contributed by atoms with Gasteiger partial charge in [0, 0.05) is 30.3 Å². The van der Waals surface area contributed by atoms with Gasteiger partial charge in [0.05, 0.1) is 10.6 Å². The number of anilines is 1. The van der Waals surface area contributed by atoms with E-state index in [1.165, 1.54) is 35.5 Å². The molecule has 2 heterocycles. The third-order valence-electron chi connectivity index (χ3n) is 5.49. The predicted octanol–water partition coefficient (Wildman–Crippen LogP) is 3.20. The number of Topliss-reactive ketones (excluding diaryl/α,β-unsaturated/α-hetero) is 1. The van der Waals surface area contributed by atoms with Crippen molar-refractivity contribution in [2.24, 2.45) is 0 Å². The van der Waals surface area contributed by atoms with Crippen LogP contribution < -0.4 is 4.90 Å². The molecule has 0 atom stereocenters. The van der Waals surface area contributed by atoms with Crippen LogP contribution in [0.1, 0.15) is 35.7 Å². The highest BCUT2D eigenvalue weighted by Gasteiger charge is 2.36. The van der Waals surface area contributed by atoms with Crippen molar-refractivity contribution in [2.45, 2.75) is 37.3 Å². The predicted molar refractivity (Wildman–Crippen MR) is 107 cm³/mol. The summed E-state index contributed by atoms with van der Waals surface area (Å²) in [4.78, 5) is 25.6. The third-order valence-corrected chi connectivity index (χ3v) is 7.40. The molecule has 0 spiro atoms. The quantitative estimate of drug-likeness (QED) is 0.718. The smallest absolute Gasteiger partial charge is 0.414 e. The van der Waals surface area contributed by atoms with E-state index in [-0.39, 0.29) is 29.4 Å². The number of hydrogen-bond acceptors (Lipinski definition) is 5. The Balaban J connectivity index is 1.49. The van der Waals surface area contributed by atoms with Gasteiger partial charge in [-0.2, -0.15) is 4.31 Å². The number of nitrogens with zero attached hydrogens (tertiary/aromatic N) is 2. The Kier molecular flexibility index (Phi) is 5.14. The van der Waals surface area contributed by atoms with Crippen molar-refractivity contribution >= 4 is 27.6 Å². The standard InChI is InChI=1S/C21H22N2O5S/c1-15(24)16-6-8-19(9-7-16)29(26,27)22-12-10-18(11-13-22)23-20-5-3-2-4-17(20)14-28-21(23)25/h2-9,18H,10-14H2,1H3. The van der Waals surface area contributed by atoms with Crippen LogP contribution in [0.5, 0.6) is 0 Å². The van der Waals surface area contributed by atoms with E-state index in [1.807, 2.05) is 24.3 Å². The maximum absolute atomic E-state index is 12.9. The van der Waals surface area contributed by atoms with E-state index in [9.17, 15) is 18.0 Å². The van der Waals surface area contributed by atoms with E-state index in [0.717, 1.165) is 11.3 Å². The molecule has 0 radical (unpaired) electrons. The summed E-state index contributed by atoms with van der Waals surface area (Å²) in [5, 5.41) is 0. The molecule has 2 aromatic rings. The molecule has 0 aliphatic carbocycles. The minimum Gasteiger partial charge on any atom is -0.444 e. The molecule has 1 saturated heterocycles. The second kappa shape index (κ2) is 7.61. The van der Waals surface area contributed by atoms with Crippen molar-refractivity contribution in [3.63, 3.8) is 0 Å². The minimum absolute atomic E-state index is 0.108. The highest BCUT2D eigenvalue weighted by molar-refractivity contribution is 7.89. The van der Waals surface area contributed by atoms with E-state index >= 15 is 0 Å². The van der Waals surface area contributed by atoms with Gasteiger partial charge < -0.3 is 4.74 Å². The average Bonchev–Trinajstić information content (AvgIpc) is 2.74. The largest absolute Gasteiger partial charge is 0.444 e. The summed E-state index contributed by atoms with van der Waals surface area (Å²) >= 11 is 0. The molecule has 2 aromatic carbocycles. The van der Waals surface area contributed by atoms with Crippen LogP contribution >= 0.6 is 0 Å². The van der Waals surface area contributed by atoms with E-state index in [2.05, 4.69) is 0 Å². The van der Waals surface area contributed by atoms with Crippen LogP contribution in [-0.4, -0.2) is 43.7 Å². The Morgan fingerprint density at radius 2 is 1.69 bits per heavy atom. The molecule has 1 fully saturated rings. The normalized spacial score (nSPS) is 18.2. The maximum Gasteiger partial charge on any atom is 0.414 e. The van der Waals surface area contributed by atoms with Crippen LogP contribution in [0.25, 0.3) is 0 Å². The zero-order valence-electron chi connectivity index (χ0n) is 16.1. The molecule has 0 bridgehead atoms. The van der Waals surface area contributed by atoms with Crippen molar-refractivity contribution in [1.29, 1.82) is 0 Å². The number of benzene rings is 2. The van der Waals surface area contributed by atoms with Crippen molar-refractivity contribution in [3.05, 3.63) is 59.7 Å². The highest BCUT2D eigenvalue weighted by atomic mass is 32.2. The lowest BCUT2D eigenvalue weighted by Gasteiger charge is -2.39. The highest BCUT2D eigenvalue weighted by Crippen LogP contribution is 2.32. The van der Waals surface area contributed by atoms with Crippen molar-refractivity contribution in [2.75, 3.05) is 18.0 Å². The SMILES string of the molecule is CC(=O)c1ccc(S(=O)(=O)N2CCC(N3C(=O)OCc4ccccc43)CC2)cc1. The van der Waals surface area contributed by atoms with E-state index in [4.69, 9.17) is 4.74 Å². The summed E-state index contributed by atoms with van der Waals surface area (Å²) in [6, 6.07) is 13.5. The first-order valence-corrected chi connectivity index (χ1v) is 11.0. The number of sulfonamides is 1. The number of ketones is 1. The first-order valence-electron chi connectivity index (χ1n) is 9.53. The van der Waals surface area contributed by atoms with Crippen molar-refractivity contribution in [1.82, 2.24) is 4.31 Å². The molecule has 152 valence electrons. The van der Waals surface area contributed by atoms with Crippen LogP contribution in [0.3, 0.4) is 0 Å². The van der Waals surface area contributed by atoms with E-state index in [0.29, 0.717) is 31.5 Å². The van der Waals surface area contributed by atoms with Gasteiger partial charge in [-0.1, -0.05) is 30.3 Å². The van der Waals surface area contributed by atoms with Crippen molar-refractivity contribution < 1.29 is 22.7 Å². The number of hydrogen-bond donors (Lipinski definition) is 0. The zero-order chi connectivity index (χ0) is 20.6. The van der Waals surface area contributed by atoms with Gasteiger partial charge in [-0.25, -0.2) is 13.2 Å². The number of cyclic esters (lactones) is 1. The van der Waals surface area contributed by atoms with Gasteiger partial charge in [-0.05, 0) is 38.0 Å². The van der Waals surface area contributed by atoms with E-state index < -0.39 is 10.0 Å². The molecule has 7 nitrogen and oxygen atoms in total. The number of carbonyl (C=O) groups is 2. The maximum atomic E-state index is 12.9. The van der Waals surface area contributed by atoms with Gasteiger partial charge in [0.1, 0.15) is 6.61 Å². The van der Waals surface area contributed by atoms with Crippen molar-refractivity contribution in [3.8, 4) is 0 Å². The molecule has 0 saturated carbocycles. The molecule has 8 heteroatoms. The lowest BCUT2D eigenvalue weighted by Crippen LogP contribution is -2.50. The van der Waals surface area contributed by atoms with Gasteiger partial charge in [0.25, 0.3) is 0 Å². The molecular weight excluding hydrogens is 392 g/mol. The van der Waals surface area contributed by atoms with Crippen LogP contribution in [0, 0.1) is 0 Å². The number of carbonyl (C=O) groups excluding carboxylic acids is 2. The number of ether oxygens (including phenoxy) is 1. The fourth-order valence-electron chi connectivity index (χ4n) is 3.87. The fourth-order valence-corrected chi connectivity index (χ4v) is 5.34. The Hall–Kier alpha value is -2.71. The topological polar surface area (TPSA) is 84.0 Å². The Labute approximate surface area is 169 Å². The molecule has 29 heavy (non-hydrogen) atoms. The van der Waals surface area contributed by atoms with Gasteiger partial charge in [-0.15, -0.1) is 0 Å². The van der Waals surface area contributed by atoms with Gasteiger partial charge in [0.2, 0.25) is 10.0 Å². The van der Waals surface area contributed by atoms with Gasteiger partial charge in [-0.3, -0.25) is 9.69 Å². The lowest BCUT2D eigenvalue weighted by atomic mass is 10.0. The molecule has 2 aliphatic rings. The molecule has 0 aromatic heterocycles. The van der Waals surface area contributed by atoms with Crippen LogP contribution in [0.4, 0.5) is 10.5 Å². The number of rotatable bonds is 4. The molecule has 0 unspecified atom stereocenters. The molecule has 1 amide bonds. The summed E-state index contributed by atoms with van der Waals surface area (Å²) < 4.78 is 32.6. The summed E-state index contributed by atoms with van der Waals surface area (Å²) in [6.07, 6.45) is 0.660. The summed E-state index contributed by atoms with van der Waals surface area (Å²) in [5.41, 5.74) is 2.27. The van der Waals surface area contributed by atoms with E-state index in [1.54, 1.807) is 4.90 Å². The second-order valence-electron chi connectivity index (χ2n) is 7.27. The van der Waals surface area contributed by atoms with Crippen LogP contribution in [-0.2, 0) is 21.4 Å². The zero-order valence-corrected chi connectivity index (χ0v) is 16.9. The number of para-hydroxylation sites is 1. The summed E-state index contributed by atoms with van der Waals surface area (Å²) in [7, 11) is -3.65. The molecule has 2 aliphatic heterocycles. The summed E-state index contributed by atoms with van der Waals surface area (Å²) in [5.74, 6) is -0.108. The Morgan fingerprint density at radius 3 is 2.34 bits per heavy atom. The molecule has 4 rings (SSSR count). The molecular formula is C21H22N2O5S. The average molecular weight is 414 g/mol. The van der Waals surface area contributed by atoms with Gasteiger partial charge in [0.15, 0.2) is 5.78 Å². The fraction of sp³-hybridized carbons (Fsp3) is 0.333. The van der Waals surface area contributed by atoms with Gasteiger partial charge >= 0.3 is 6.09 Å². The number of piperidine rings is 1. The van der Waals surface area contributed by atoms with Crippen LogP contribution in [0.2, 0.25) is 0 Å². The first-order chi connectivity index (χ1) is 13.9. The van der Waals surface area contributed by atoms with Crippen LogP contribution in [0.15, 0.2) is 53.4 Å². The number of fused-ring (bicyclic) bond motifs is 1. The summed E-state index contributed by atoms with van der Waals surface area (Å²) in [6.45, 7) is 2.33. The third kappa shape index (κ3) is 3.65. The first kappa shape index (κ1) is 19.6. The minimum atomic E-state index is -3.65. The monoisotopic (exact) mass is 414 g/mol. The lowest BCUT2D eigenvalue weighted by molar-refractivity contribution is 0.101. The molecule has 0 N–H and O–H groups in total. The second-order valence-corrected chi connectivity index (χ2v) is 9.21. The Morgan fingerprint density at radius 1 is 1.03 bits per heavy atom. The number of amides is 1. The Bertz CT molecular complexity index is 1040.